The van der Waals surface area contributed by atoms with Crippen LogP contribution in [0.15, 0.2) is 41.1 Å². The van der Waals surface area contributed by atoms with Crippen LogP contribution in [0.1, 0.15) is 49.9 Å². The zero-order valence-electron chi connectivity index (χ0n) is 17.0. The molecule has 1 aliphatic rings. The van der Waals surface area contributed by atoms with E-state index in [-0.39, 0.29) is 11.8 Å². The van der Waals surface area contributed by atoms with Crippen molar-refractivity contribution >= 4 is 11.7 Å². The number of Topliss-reactive ketones (excluding diaryl/α,β-unsaturated/α-hetero) is 1. The van der Waals surface area contributed by atoms with Gasteiger partial charge in [-0.1, -0.05) is 63.4 Å². The topological polar surface area (TPSA) is 79.5 Å². The van der Waals surface area contributed by atoms with Crippen LogP contribution < -0.4 is 15.5 Å². The number of carbonyl (C=O) groups is 1. The van der Waals surface area contributed by atoms with Crippen LogP contribution in [0, 0.1) is 5.92 Å². The van der Waals surface area contributed by atoms with Crippen LogP contribution in [-0.4, -0.2) is 48.2 Å². The zero-order chi connectivity index (χ0) is 19.9. The van der Waals surface area contributed by atoms with Crippen molar-refractivity contribution < 1.29 is 14.1 Å². The van der Waals surface area contributed by atoms with Gasteiger partial charge in [0.05, 0.1) is 23.9 Å². The van der Waals surface area contributed by atoms with Crippen molar-refractivity contribution in [3.63, 3.8) is 0 Å². The molecule has 0 amide bonds. The molecule has 0 aliphatic carbocycles. The van der Waals surface area contributed by atoms with Gasteiger partial charge in [-0.2, -0.15) is 5.01 Å². The van der Waals surface area contributed by atoms with Crippen molar-refractivity contribution in [1.29, 1.82) is 0 Å². The van der Waals surface area contributed by atoms with E-state index in [1.807, 2.05) is 30.3 Å². The minimum atomic E-state index is -0.0657. The first-order chi connectivity index (χ1) is 13.5. The number of unbranched alkanes of at least 4 members (excludes halogenated alkanes) is 1. The molecule has 2 N–H and O–H groups in total. The Balaban J connectivity index is 1.63. The highest BCUT2D eigenvalue weighted by atomic mass is 16.5. The van der Waals surface area contributed by atoms with Crippen molar-refractivity contribution in [2.45, 2.75) is 45.6 Å². The first-order valence-corrected chi connectivity index (χ1v) is 10.3. The third kappa shape index (κ3) is 5.32. The summed E-state index contributed by atoms with van der Waals surface area (Å²) in [6.07, 6.45) is 6.05. The summed E-state index contributed by atoms with van der Waals surface area (Å²) in [5, 5.41) is 6.01. The average Bonchev–Trinajstić information content (AvgIpc) is 3.14. The lowest BCUT2D eigenvalue weighted by atomic mass is 9.95. The molecule has 1 aromatic carbocycles. The molecule has 3 rings (SSSR count). The summed E-state index contributed by atoms with van der Waals surface area (Å²) in [5.41, 5.74) is 6.43. The molecule has 1 aliphatic heterocycles. The predicted octanol–water partition coefficient (Wildman–Crippen LogP) is 2.27. The number of aromatic nitrogens is 2. The maximum atomic E-state index is 13.2. The van der Waals surface area contributed by atoms with Gasteiger partial charge in [0.15, 0.2) is 5.78 Å². The van der Waals surface area contributed by atoms with Crippen LogP contribution in [-0.2, 0) is 0 Å². The lowest BCUT2D eigenvalue weighted by Crippen LogP contribution is -2.66. The molecule has 2 aromatic rings. The fraction of sp³-hybridized carbons (Fsp3) is 0.571. The second-order valence-electron chi connectivity index (χ2n) is 7.94. The van der Waals surface area contributed by atoms with Crippen LogP contribution in [0.3, 0.4) is 0 Å². The van der Waals surface area contributed by atoms with Crippen molar-refractivity contribution in [3.8, 4) is 0 Å². The van der Waals surface area contributed by atoms with Crippen LogP contribution in [0.25, 0.3) is 0 Å². The van der Waals surface area contributed by atoms with E-state index in [0.717, 1.165) is 44.6 Å². The van der Waals surface area contributed by atoms with Crippen molar-refractivity contribution in [2.24, 2.45) is 5.92 Å². The quantitative estimate of drug-likeness (QED) is 0.405. The number of carbonyl (C=O) groups excluding carboxylic acids is 1. The highest BCUT2D eigenvalue weighted by molar-refractivity contribution is 6.00. The third-order valence-electron chi connectivity index (χ3n) is 5.36. The van der Waals surface area contributed by atoms with Crippen molar-refractivity contribution in [3.05, 3.63) is 42.1 Å². The maximum Gasteiger partial charge on any atom is 0.296 e. The summed E-state index contributed by atoms with van der Waals surface area (Å²) in [7, 11) is 0. The summed E-state index contributed by atoms with van der Waals surface area (Å²) in [5.74, 6) is 1.24. The molecule has 0 radical (unpaired) electrons. The van der Waals surface area contributed by atoms with Gasteiger partial charge < -0.3 is 5.73 Å². The molecule has 7 nitrogen and oxygen atoms in total. The molecule has 1 fully saturated rings. The largest absolute Gasteiger partial charge is 0.362 e. The van der Waals surface area contributed by atoms with Gasteiger partial charge in [0.2, 0.25) is 5.27 Å². The SMILES string of the molecule is CC(C)CCCCC(C(=O)c1ccccc1)N1CCN([n+]2cc(N)on2)CC1. The van der Waals surface area contributed by atoms with E-state index in [4.69, 9.17) is 10.3 Å². The minimum Gasteiger partial charge on any atom is -0.362 e. The Kier molecular flexibility index (Phi) is 7.03. The van der Waals surface area contributed by atoms with E-state index < -0.39 is 0 Å². The molecule has 0 bridgehead atoms. The van der Waals surface area contributed by atoms with Gasteiger partial charge in [0.25, 0.3) is 12.1 Å². The summed E-state index contributed by atoms with van der Waals surface area (Å²) in [4.78, 5) is 17.2. The van der Waals surface area contributed by atoms with Crippen LogP contribution in [0.5, 0.6) is 0 Å². The standard InChI is InChI=1S/C21H32N5O2/c1-17(2)8-6-7-11-19(21(27)18-9-4-3-5-10-18)24-12-14-25(15-13-24)26-16-20(22)28-23-26/h3-5,9-10,16-17,19H,6-8,11-15,22H2,1-2H3/q+1. The number of piperazine rings is 1. The molecule has 0 saturated carbocycles. The highest BCUT2D eigenvalue weighted by Gasteiger charge is 2.32. The molecule has 1 unspecified atom stereocenters. The number of ketones is 1. The number of nitrogens with two attached hydrogens (primary N) is 1. The maximum absolute atomic E-state index is 13.2. The predicted molar refractivity (Wildman–Crippen MR) is 109 cm³/mol. The Bertz CT molecular complexity index is 738. The lowest BCUT2D eigenvalue weighted by molar-refractivity contribution is -0.759. The highest BCUT2D eigenvalue weighted by Crippen LogP contribution is 2.18. The van der Waals surface area contributed by atoms with Crippen molar-refractivity contribution in [1.82, 2.24) is 10.2 Å². The third-order valence-corrected chi connectivity index (χ3v) is 5.36. The Morgan fingerprint density at radius 1 is 1.14 bits per heavy atom. The average molecular weight is 387 g/mol. The molecule has 1 atom stereocenters. The summed E-state index contributed by atoms with van der Waals surface area (Å²) >= 11 is 0. The number of nitrogen functional groups attached to an aromatic ring is 1. The second kappa shape index (κ2) is 9.68. The number of hydrogen-bond acceptors (Lipinski definition) is 6. The normalized spacial score (nSPS) is 16.5. The van der Waals surface area contributed by atoms with Gasteiger partial charge in [-0.05, 0) is 12.3 Å². The number of rotatable bonds is 9. The summed E-state index contributed by atoms with van der Waals surface area (Å²) in [6.45, 7) is 7.68. The smallest absolute Gasteiger partial charge is 0.296 e. The molecule has 2 heterocycles. The molecule has 7 heteroatoms. The molecule has 152 valence electrons. The molecule has 28 heavy (non-hydrogen) atoms. The Labute approximate surface area is 167 Å². The summed E-state index contributed by atoms with van der Waals surface area (Å²) in [6, 6.07) is 9.61. The van der Waals surface area contributed by atoms with E-state index in [1.165, 1.54) is 12.8 Å². The number of nitrogens with zero attached hydrogens (tertiary/aromatic N) is 4. The molecular weight excluding hydrogens is 354 g/mol. The van der Waals surface area contributed by atoms with E-state index in [9.17, 15) is 4.79 Å². The van der Waals surface area contributed by atoms with Gasteiger partial charge >= 0.3 is 0 Å². The Morgan fingerprint density at radius 3 is 2.43 bits per heavy atom. The fourth-order valence-electron chi connectivity index (χ4n) is 3.78. The number of benzene rings is 1. The van der Waals surface area contributed by atoms with E-state index in [1.54, 1.807) is 11.0 Å². The molecular formula is C21H32N5O2+. The minimum absolute atomic E-state index is 0.0657. The van der Waals surface area contributed by atoms with E-state index >= 15 is 0 Å². The van der Waals surface area contributed by atoms with Crippen LogP contribution in [0.2, 0.25) is 0 Å². The second-order valence-corrected chi connectivity index (χ2v) is 7.94. The first kappa shape index (κ1) is 20.3. The van der Waals surface area contributed by atoms with Gasteiger partial charge in [-0.15, -0.1) is 0 Å². The van der Waals surface area contributed by atoms with Gasteiger partial charge in [0, 0.05) is 18.7 Å². The Hall–Kier alpha value is -2.41. The Morgan fingerprint density at radius 2 is 1.82 bits per heavy atom. The summed E-state index contributed by atoms with van der Waals surface area (Å²) < 4.78 is 4.95. The van der Waals surface area contributed by atoms with Gasteiger partial charge in [0.1, 0.15) is 0 Å². The molecule has 1 aromatic heterocycles. The van der Waals surface area contributed by atoms with Crippen LogP contribution in [0.4, 0.5) is 5.88 Å². The van der Waals surface area contributed by atoms with Gasteiger partial charge in [-0.3, -0.25) is 14.2 Å². The molecule has 1 saturated heterocycles. The lowest BCUT2D eigenvalue weighted by Gasteiger charge is -2.35. The molecule has 0 spiro atoms. The first-order valence-electron chi connectivity index (χ1n) is 10.3. The van der Waals surface area contributed by atoms with Crippen LogP contribution >= 0.6 is 0 Å². The fourth-order valence-corrected chi connectivity index (χ4v) is 3.78. The van der Waals surface area contributed by atoms with E-state index in [0.29, 0.717) is 11.8 Å². The number of hydrogen-bond donors (Lipinski definition) is 1. The van der Waals surface area contributed by atoms with E-state index in [2.05, 4.69) is 29.0 Å². The number of anilines is 1. The monoisotopic (exact) mass is 386 g/mol. The van der Waals surface area contributed by atoms with Crippen molar-refractivity contribution in [2.75, 3.05) is 36.9 Å². The van der Waals surface area contributed by atoms with Gasteiger partial charge in [-0.25, -0.2) is 0 Å². The zero-order valence-corrected chi connectivity index (χ0v) is 17.0.